The molecule has 2 aromatic heterocycles. The van der Waals surface area contributed by atoms with Gasteiger partial charge in [-0.15, -0.1) is 12.4 Å². The molecule has 0 saturated carbocycles. The van der Waals surface area contributed by atoms with Gasteiger partial charge in [-0.25, -0.2) is 0 Å². The minimum absolute atomic E-state index is 0. The number of rotatable bonds is 4. The van der Waals surface area contributed by atoms with Crippen molar-refractivity contribution < 1.29 is 9.26 Å². The summed E-state index contributed by atoms with van der Waals surface area (Å²) >= 11 is 0. The Balaban J connectivity index is 0.00000128. The zero-order chi connectivity index (χ0) is 10.5. The van der Waals surface area contributed by atoms with E-state index in [1.54, 1.807) is 18.5 Å². The second kappa shape index (κ2) is 6.09. The molecule has 0 aliphatic carbocycles. The Kier molecular flexibility index (Phi) is 4.75. The van der Waals surface area contributed by atoms with E-state index in [1.807, 2.05) is 12.1 Å². The highest BCUT2D eigenvalue weighted by Gasteiger charge is 2.06. The average Bonchev–Trinajstić information content (AvgIpc) is 2.76. The molecule has 6 heteroatoms. The van der Waals surface area contributed by atoms with E-state index in [0.717, 1.165) is 5.56 Å². The summed E-state index contributed by atoms with van der Waals surface area (Å²) in [6.07, 6.45) is 3.40. The number of nitrogens with two attached hydrogens (primary N) is 1. The van der Waals surface area contributed by atoms with Crippen LogP contribution in [0.15, 0.2) is 35.1 Å². The van der Waals surface area contributed by atoms with Crippen molar-refractivity contribution in [1.29, 1.82) is 0 Å². The second-order valence-electron chi connectivity index (χ2n) is 2.91. The van der Waals surface area contributed by atoms with Crippen LogP contribution in [0.3, 0.4) is 0 Å². The van der Waals surface area contributed by atoms with Crippen LogP contribution in [-0.4, -0.2) is 23.3 Å². The molecule has 0 atom stereocenters. The molecule has 2 N–H and O–H groups in total. The van der Waals surface area contributed by atoms with Gasteiger partial charge in [0, 0.05) is 30.6 Å². The highest BCUT2D eigenvalue weighted by molar-refractivity contribution is 5.85. The van der Waals surface area contributed by atoms with Crippen LogP contribution in [0.1, 0.15) is 0 Å². The van der Waals surface area contributed by atoms with Crippen molar-refractivity contribution in [1.82, 2.24) is 10.1 Å². The van der Waals surface area contributed by atoms with Crippen LogP contribution in [0.5, 0.6) is 5.88 Å². The maximum atomic E-state index is 5.30. The minimum Gasteiger partial charge on any atom is -0.474 e. The molecule has 5 nitrogen and oxygen atoms in total. The molecule has 2 rings (SSSR count). The molecular formula is C10H12ClN3O2. The molecule has 0 unspecified atom stereocenters. The third kappa shape index (κ3) is 2.95. The van der Waals surface area contributed by atoms with Crippen LogP contribution in [0.25, 0.3) is 11.3 Å². The predicted octanol–water partition coefficient (Wildman–Crippen LogP) is 1.50. The van der Waals surface area contributed by atoms with Crippen LogP contribution in [0.2, 0.25) is 0 Å². The van der Waals surface area contributed by atoms with E-state index in [9.17, 15) is 0 Å². The largest absolute Gasteiger partial charge is 0.474 e. The zero-order valence-corrected chi connectivity index (χ0v) is 9.31. The fourth-order valence-corrected chi connectivity index (χ4v) is 1.14. The molecular weight excluding hydrogens is 230 g/mol. The van der Waals surface area contributed by atoms with Gasteiger partial charge in [0.2, 0.25) is 0 Å². The third-order valence-corrected chi connectivity index (χ3v) is 1.80. The lowest BCUT2D eigenvalue weighted by atomic mass is 10.2. The van der Waals surface area contributed by atoms with Crippen molar-refractivity contribution in [3.05, 3.63) is 30.6 Å². The fraction of sp³-hybridized carbons (Fsp3) is 0.200. The number of nitrogens with zero attached hydrogens (tertiary/aromatic N) is 2. The SMILES string of the molecule is Cl.NCCOc1cc(-c2cccnc2)on1. The van der Waals surface area contributed by atoms with Gasteiger partial charge < -0.3 is 15.0 Å². The number of hydrogen-bond acceptors (Lipinski definition) is 5. The van der Waals surface area contributed by atoms with Gasteiger partial charge in [-0.3, -0.25) is 4.98 Å². The topological polar surface area (TPSA) is 74.2 Å². The van der Waals surface area contributed by atoms with E-state index >= 15 is 0 Å². The van der Waals surface area contributed by atoms with Gasteiger partial charge in [0.15, 0.2) is 5.76 Å². The van der Waals surface area contributed by atoms with Gasteiger partial charge >= 0.3 is 0 Å². The van der Waals surface area contributed by atoms with E-state index in [-0.39, 0.29) is 12.4 Å². The molecule has 0 amide bonds. The summed E-state index contributed by atoms with van der Waals surface area (Å²) in [4.78, 5) is 3.98. The van der Waals surface area contributed by atoms with Crippen LogP contribution in [0.4, 0.5) is 0 Å². The number of aromatic nitrogens is 2. The number of pyridine rings is 1. The van der Waals surface area contributed by atoms with E-state index in [4.69, 9.17) is 15.0 Å². The van der Waals surface area contributed by atoms with Crippen LogP contribution in [-0.2, 0) is 0 Å². The Morgan fingerprint density at radius 1 is 1.44 bits per heavy atom. The van der Waals surface area contributed by atoms with Crippen LogP contribution in [0, 0.1) is 0 Å². The van der Waals surface area contributed by atoms with E-state index in [1.165, 1.54) is 0 Å². The summed E-state index contributed by atoms with van der Waals surface area (Å²) in [6.45, 7) is 0.883. The van der Waals surface area contributed by atoms with Crippen molar-refractivity contribution in [3.8, 4) is 17.2 Å². The van der Waals surface area contributed by atoms with Gasteiger partial charge in [-0.05, 0) is 17.3 Å². The molecule has 2 heterocycles. The first-order chi connectivity index (χ1) is 7.40. The highest BCUT2D eigenvalue weighted by Crippen LogP contribution is 2.22. The molecule has 0 aliphatic heterocycles. The van der Waals surface area contributed by atoms with Gasteiger partial charge in [0.05, 0.1) is 0 Å². The summed E-state index contributed by atoms with van der Waals surface area (Å²) in [5.41, 5.74) is 6.17. The molecule has 2 aromatic rings. The maximum Gasteiger partial charge on any atom is 0.254 e. The highest BCUT2D eigenvalue weighted by atomic mass is 35.5. The Morgan fingerprint density at radius 3 is 3.00 bits per heavy atom. The van der Waals surface area contributed by atoms with Crippen LogP contribution >= 0.6 is 12.4 Å². The standard InChI is InChI=1S/C10H11N3O2.ClH/c11-3-5-14-10-6-9(15-13-10)8-2-1-4-12-7-8;/h1-2,4,6-7H,3,5,11H2;1H. The number of ether oxygens (including phenoxy) is 1. The Labute approximate surface area is 99.0 Å². The summed E-state index contributed by atoms with van der Waals surface area (Å²) < 4.78 is 10.3. The van der Waals surface area contributed by atoms with Gasteiger partial charge in [0.1, 0.15) is 6.61 Å². The van der Waals surface area contributed by atoms with Crippen molar-refractivity contribution in [2.24, 2.45) is 5.73 Å². The minimum atomic E-state index is 0. The maximum absolute atomic E-state index is 5.30. The first-order valence-corrected chi connectivity index (χ1v) is 4.60. The summed E-state index contributed by atoms with van der Waals surface area (Å²) in [5.74, 6) is 1.08. The van der Waals surface area contributed by atoms with Crippen molar-refractivity contribution in [2.75, 3.05) is 13.2 Å². The first kappa shape index (κ1) is 12.5. The molecule has 0 bridgehead atoms. The van der Waals surface area contributed by atoms with E-state index in [0.29, 0.717) is 24.8 Å². The van der Waals surface area contributed by atoms with Gasteiger partial charge in [0.25, 0.3) is 5.88 Å². The predicted molar refractivity (Wildman–Crippen MR) is 61.5 cm³/mol. The lowest BCUT2D eigenvalue weighted by Gasteiger charge is -1.95. The molecule has 0 fully saturated rings. The van der Waals surface area contributed by atoms with E-state index < -0.39 is 0 Å². The summed E-state index contributed by atoms with van der Waals surface area (Å²) in [5, 5.41) is 3.75. The molecule has 0 spiro atoms. The number of hydrogen-bond donors (Lipinski definition) is 1. The van der Waals surface area contributed by atoms with Crippen LogP contribution < -0.4 is 10.5 Å². The lowest BCUT2D eigenvalue weighted by molar-refractivity contribution is 0.288. The van der Waals surface area contributed by atoms with E-state index in [2.05, 4.69) is 10.1 Å². The lowest BCUT2D eigenvalue weighted by Crippen LogP contribution is -2.10. The Bertz CT molecular complexity index is 419. The Hall–Kier alpha value is -1.59. The van der Waals surface area contributed by atoms with Gasteiger partial charge in [-0.2, -0.15) is 0 Å². The molecule has 0 aliphatic rings. The normalized spacial score (nSPS) is 9.56. The molecule has 0 radical (unpaired) electrons. The van der Waals surface area contributed by atoms with Crippen molar-refractivity contribution >= 4 is 12.4 Å². The Morgan fingerprint density at radius 2 is 2.31 bits per heavy atom. The quantitative estimate of drug-likeness (QED) is 0.878. The first-order valence-electron chi connectivity index (χ1n) is 4.60. The number of halogens is 1. The molecule has 0 saturated heterocycles. The molecule has 86 valence electrons. The van der Waals surface area contributed by atoms with Crippen molar-refractivity contribution in [3.63, 3.8) is 0 Å². The molecule has 16 heavy (non-hydrogen) atoms. The summed E-state index contributed by atoms with van der Waals surface area (Å²) in [6, 6.07) is 5.44. The second-order valence-corrected chi connectivity index (χ2v) is 2.91. The van der Waals surface area contributed by atoms with Crippen molar-refractivity contribution in [2.45, 2.75) is 0 Å². The third-order valence-electron chi connectivity index (χ3n) is 1.80. The smallest absolute Gasteiger partial charge is 0.254 e. The average molecular weight is 242 g/mol. The zero-order valence-electron chi connectivity index (χ0n) is 8.50. The summed E-state index contributed by atoms with van der Waals surface area (Å²) in [7, 11) is 0. The fourth-order valence-electron chi connectivity index (χ4n) is 1.14. The molecule has 0 aromatic carbocycles. The van der Waals surface area contributed by atoms with Gasteiger partial charge in [-0.1, -0.05) is 0 Å². The monoisotopic (exact) mass is 241 g/mol.